The molecule has 1 aliphatic heterocycles. The Morgan fingerprint density at radius 2 is 2.41 bits per heavy atom. The van der Waals surface area contributed by atoms with E-state index in [-0.39, 0.29) is 6.10 Å². The van der Waals surface area contributed by atoms with Crippen molar-refractivity contribution in [2.24, 2.45) is 0 Å². The molecule has 0 spiro atoms. The number of nitrogen functional groups attached to an aromatic ring is 1. The maximum Gasteiger partial charge on any atom is 0.147 e. The number of anilines is 2. The summed E-state index contributed by atoms with van der Waals surface area (Å²) >= 11 is 0. The van der Waals surface area contributed by atoms with Crippen molar-refractivity contribution in [3.05, 3.63) is 17.9 Å². The fourth-order valence-electron chi connectivity index (χ4n) is 1.94. The molecule has 3 N–H and O–H groups in total. The molecule has 5 heteroatoms. The zero-order valence-electron chi connectivity index (χ0n) is 9.83. The molecule has 1 aromatic rings. The van der Waals surface area contributed by atoms with Crippen molar-refractivity contribution in [3.63, 3.8) is 0 Å². The largest absolute Gasteiger partial charge is 0.489 e. The Morgan fingerprint density at radius 3 is 3.06 bits per heavy atom. The van der Waals surface area contributed by atoms with Gasteiger partial charge in [0.25, 0.3) is 0 Å². The normalized spacial score (nSPS) is 19.3. The summed E-state index contributed by atoms with van der Waals surface area (Å²) in [6, 6.07) is 2.60. The van der Waals surface area contributed by atoms with Crippen LogP contribution in [0, 0.1) is 5.82 Å². The van der Waals surface area contributed by atoms with Crippen molar-refractivity contribution in [1.82, 2.24) is 0 Å². The topological polar surface area (TPSA) is 56.5 Å². The van der Waals surface area contributed by atoms with E-state index in [4.69, 9.17) is 15.2 Å². The van der Waals surface area contributed by atoms with Crippen LogP contribution in [0.15, 0.2) is 12.1 Å². The van der Waals surface area contributed by atoms with Crippen molar-refractivity contribution in [1.29, 1.82) is 0 Å². The Bertz CT molecular complexity index is 392. The Balaban J connectivity index is 2.07. The van der Waals surface area contributed by atoms with Crippen LogP contribution in [0.25, 0.3) is 0 Å². The van der Waals surface area contributed by atoms with Gasteiger partial charge in [-0.05, 0) is 18.9 Å². The molecule has 1 fully saturated rings. The SMILES string of the molecule is CNc1c(N)cc(F)cc1OCC1CCCO1. The van der Waals surface area contributed by atoms with Gasteiger partial charge in [-0.3, -0.25) is 0 Å². The fraction of sp³-hybridized carbons (Fsp3) is 0.500. The molecular weight excluding hydrogens is 223 g/mol. The van der Waals surface area contributed by atoms with E-state index in [1.54, 1.807) is 7.05 Å². The Hall–Kier alpha value is -1.49. The van der Waals surface area contributed by atoms with Gasteiger partial charge in [-0.2, -0.15) is 0 Å². The third kappa shape index (κ3) is 2.79. The lowest BCUT2D eigenvalue weighted by Crippen LogP contribution is -2.17. The van der Waals surface area contributed by atoms with Crippen molar-refractivity contribution in [2.75, 3.05) is 31.3 Å². The van der Waals surface area contributed by atoms with Crippen molar-refractivity contribution < 1.29 is 13.9 Å². The quantitative estimate of drug-likeness (QED) is 0.790. The molecule has 4 nitrogen and oxygen atoms in total. The second-order valence-corrected chi connectivity index (χ2v) is 4.06. The van der Waals surface area contributed by atoms with Crippen molar-refractivity contribution in [3.8, 4) is 5.75 Å². The molecule has 1 unspecified atom stereocenters. The molecule has 0 aromatic heterocycles. The Kier molecular flexibility index (Phi) is 3.68. The predicted octanol–water partition coefficient (Wildman–Crippen LogP) is 2.01. The van der Waals surface area contributed by atoms with E-state index in [9.17, 15) is 4.39 Å². The molecule has 94 valence electrons. The summed E-state index contributed by atoms with van der Waals surface area (Å²) in [4.78, 5) is 0. The number of hydrogen-bond acceptors (Lipinski definition) is 4. The van der Waals surface area contributed by atoms with Gasteiger partial charge in [0.05, 0.1) is 11.8 Å². The van der Waals surface area contributed by atoms with Crippen LogP contribution < -0.4 is 15.8 Å². The maximum atomic E-state index is 13.2. The van der Waals surface area contributed by atoms with Gasteiger partial charge in [-0.15, -0.1) is 0 Å². The van der Waals surface area contributed by atoms with Crippen LogP contribution in [0.1, 0.15) is 12.8 Å². The van der Waals surface area contributed by atoms with Gasteiger partial charge < -0.3 is 20.5 Å². The maximum absolute atomic E-state index is 13.2. The molecule has 1 atom stereocenters. The third-order valence-electron chi connectivity index (χ3n) is 2.80. The second-order valence-electron chi connectivity index (χ2n) is 4.06. The lowest BCUT2D eigenvalue weighted by Gasteiger charge is -2.16. The smallest absolute Gasteiger partial charge is 0.147 e. The molecule has 1 aromatic carbocycles. The minimum absolute atomic E-state index is 0.101. The van der Waals surface area contributed by atoms with Crippen LogP contribution >= 0.6 is 0 Å². The molecule has 0 radical (unpaired) electrons. The molecule has 0 bridgehead atoms. The summed E-state index contributed by atoms with van der Waals surface area (Å²) in [5.41, 5.74) is 6.66. The minimum atomic E-state index is -0.399. The van der Waals surface area contributed by atoms with E-state index >= 15 is 0 Å². The second kappa shape index (κ2) is 5.23. The number of hydrogen-bond donors (Lipinski definition) is 2. The van der Waals surface area contributed by atoms with Crippen LogP contribution in [-0.4, -0.2) is 26.4 Å². The van der Waals surface area contributed by atoms with Crippen molar-refractivity contribution in [2.45, 2.75) is 18.9 Å². The fourth-order valence-corrected chi connectivity index (χ4v) is 1.94. The van der Waals surface area contributed by atoms with Gasteiger partial charge in [-0.1, -0.05) is 0 Å². The molecule has 0 saturated carbocycles. The van der Waals surface area contributed by atoms with E-state index in [0.29, 0.717) is 23.7 Å². The number of rotatable bonds is 4. The molecule has 1 heterocycles. The van der Waals surface area contributed by atoms with Gasteiger partial charge in [0.1, 0.15) is 23.9 Å². The number of halogens is 1. The van der Waals surface area contributed by atoms with Gasteiger partial charge >= 0.3 is 0 Å². The van der Waals surface area contributed by atoms with E-state index in [2.05, 4.69) is 5.32 Å². The predicted molar refractivity (Wildman–Crippen MR) is 64.8 cm³/mol. The summed E-state index contributed by atoms with van der Waals surface area (Å²) in [6.45, 7) is 1.20. The Morgan fingerprint density at radius 1 is 1.59 bits per heavy atom. The first-order chi connectivity index (χ1) is 8.20. The van der Waals surface area contributed by atoms with Crippen LogP contribution in [0.4, 0.5) is 15.8 Å². The van der Waals surface area contributed by atoms with Crippen molar-refractivity contribution >= 4 is 11.4 Å². The summed E-state index contributed by atoms with van der Waals surface area (Å²) in [6.07, 6.45) is 2.14. The number of benzene rings is 1. The van der Waals surface area contributed by atoms with Crippen LogP contribution in [0.5, 0.6) is 5.75 Å². The first-order valence-corrected chi connectivity index (χ1v) is 5.72. The van der Waals surface area contributed by atoms with E-state index < -0.39 is 5.82 Å². The zero-order valence-corrected chi connectivity index (χ0v) is 9.83. The number of ether oxygens (including phenoxy) is 2. The monoisotopic (exact) mass is 240 g/mol. The van der Waals surface area contributed by atoms with E-state index in [1.165, 1.54) is 12.1 Å². The molecule has 0 aliphatic carbocycles. The van der Waals surface area contributed by atoms with Gasteiger partial charge in [0, 0.05) is 19.7 Å². The first-order valence-electron chi connectivity index (χ1n) is 5.72. The van der Waals surface area contributed by atoms with Gasteiger partial charge in [0.15, 0.2) is 0 Å². The van der Waals surface area contributed by atoms with E-state index in [0.717, 1.165) is 19.4 Å². The lowest BCUT2D eigenvalue weighted by molar-refractivity contribution is 0.0681. The minimum Gasteiger partial charge on any atom is -0.489 e. The van der Waals surface area contributed by atoms with Crippen LogP contribution in [0.3, 0.4) is 0 Å². The number of nitrogens with two attached hydrogens (primary N) is 1. The highest BCUT2D eigenvalue weighted by Gasteiger charge is 2.17. The summed E-state index contributed by atoms with van der Waals surface area (Å²) < 4.78 is 24.2. The highest BCUT2D eigenvalue weighted by atomic mass is 19.1. The molecule has 2 rings (SSSR count). The average Bonchev–Trinajstić information content (AvgIpc) is 2.78. The standard InChI is InChI=1S/C12H17FN2O2/c1-15-12-10(14)5-8(13)6-11(12)17-7-9-3-2-4-16-9/h5-6,9,15H,2-4,7,14H2,1H3. The summed E-state index contributed by atoms with van der Waals surface area (Å²) in [7, 11) is 1.72. The Labute approximate surface area is 99.9 Å². The first kappa shape index (κ1) is 12.0. The van der Waals surface area contributed by atoms with Crippen LogP contribution in [0.2, 0.25) is 0 Å². The van der Waals surface area contributed by atoms with Crippen LogP contribution in [-0.2, 0) is 4.74 Å². The zero-order chi connectivity index (χ0) is 12.3. The molecule has 1 saturated heterocycles. The van der Waals surface area contributed by atoms with Gasteiger partial charge in [0.2, 0.25) is 0 Å². The summed E-state index contributed by atoms with van der Waals surface area (Å²) in [5, 5.41) is 2.91. The highest BCUT2D eigenvalue weighted by molar-refractivity contribution is 5.73. The van der Waals surface area contributed by atoms with Gasteiger partial charge in [-0.25, -0.2) is 4.39 Å². The summed E-state index contributed by atoms with van der Waals surface area (Å²) in [5.74, 6) is 0.0318. The molecule has 17 heavy (non-hydrogen) atoms. The molecule has 1 aliphatic rings. The van der Waals surface area contributed by atoms with E-state index in [1.807, 2.05) is 0 Å². The lowest BCUT2D eigenvalue weighted by atomic mass is 10.2. The average molecular weight is 240 g/mol. The molecular formula is C12H17FN2O2. The molecule has 0 amide bonds. The third-order valence-corrected chi connectivity index (χ3v) is 2.80. The number of nitrogens with one attached hydrogen (secondary N) is 1. The highest BCUT2D eigenvalue weighted by Crippen LogP contribution is 2.32.